The summed E-state index contributed by atoms with van der Waals surface area (Å²) in [5.41, 5.74) is 3.56. The van der Waals surface area contributed by atoms with Crippen molar-refractivity contribution in [3.8, 4) is 22.8 Å². The number of rotatable bonds is 7. The van der Waals surface area contributed by atoms with Crippen molar-refractivity contribution in [3.05, 3.63) is 72.4 Å². The molecule has 162 valence electrons. The summed E-state index contributed by atoms with van der Waals surface area (Å²) in [7, 11) is 0. The van der Waals surface area contributed by atoms with Gasteiger partial charge in [0, 0.05) is 36.5 Å². The van der Waals surface area contributed by atoms with Crippen molar-refractivity contribution < 1.29 is 8.91 Å². The van der Waals surface area contributed by atoms with Gasteiger partial charge in [-0.2, -0.15) is 4.98 Å². The molecule has 0 saturated heterocycles. The van der Waals surface area contributed by atoms with E-state index >= 15 is 0 Å². The minimum Gasteiger partial charge on any atom is -0.339 e. The number of fused-ring (bicyclic) bond motifs is 1. The van der Waals surface area contributed by atoms with Gasteiger partial charge in [0.15, 0.2) is 0 Å². The first-order valence-electron chi connectivity index (χ1n) is 10.8. The van der Waals surface area contributed by atoms with Gasteiger partial charge in [0.1, 0.15) is 17.5 Å². The van der Waals surface area contributed by atoms with E-state index in [2.05, 4.69) is 32.7 Å². The molecule has 7 nitrogen and oxygen atoms in total. The van der Waals surface area contributed by atoms with Crippen molar-refractivity contribution in [1.29, 1.82) is 0 Å². The van der Waals surface area contributed by atoms with Gasteiger partial charge in [-0.25, -0.2) is 14.4 Å². The molecule has 0 fully saturated rings. The predicted molar refractivity (Wildman–Crippen MR) is 119 cm³/mol. The van der Waals surface area contributed by atoms with Crippen molar-refractivity contribution >= 4 is 11.0 Å². The number of imidazole rings is 2. The van der Waals surface area contributed by atoms with Crippen LogP contribution in [-0.4, -0.2) is 29.2 Å². The van der Waals surface area contributed by atoms with E-state index in [1.54, 1.807) is 12.3 Å². The van der Waals surface area contributed by atoms with Crippen LogP contribution in [-0.2, 0) is 19.5 Å². The summed E-state index contributed by atoms with van der Waals surface area (Å²) in [5, 5.41) is 4.10. The Morgan fingerprint density at radius 3 is 2.72 bits per heavy atom. The van der Waals surface area contributed by atoms with Gasteiger partial charge >= 0.3 is 0 Å². The first-order chi connectivity index (χ1) is 15.7. The molecule has 2 aromatic carbocycles. The molecule has 0 aliphatic carbocycles. The van der Waals surface area contributed by atoms with Gasteiger partial charge in [0.05, 0.1) is 17.6 Å². The summed E-state index contributed by atoms with van der Waals surface area (Å²) in [5.74, 6) is 2.54. The number of halogens is 1. The summed E-state index contributed by atoms with van der Waals surface area (Å²) in [6, 6.07) is 12.5. The summed E-state index contributed by atoms with van der Waals surface area (Å²) < 4.78 is 23.2. The van der Waals surface area contributed by atoms with Crippen LogP contribution in [0.4, 0.5) is 4.39 Å². The maximum atomic E-state index is 13.8. The third kappa shape index (κ3) is 3.68. The monoisotopic (exact) mass is 430 g/mol. The van der Waals surface area contributed by atoms with Crippen LogP contribution in [0.5, 0.6) is 0 Å². The fourth-order valence-electron chi connectivity index (χ4n) is 3.90. The van der Waals surface area contributed by atoms with E-state index in [0.717, 1.165) is 41.0 Å². The lowest BCUT2D eigenvalue weighted by atomic mass is 10.2. The Kier molecular flexibility index (Phi) is 5.26. The summed E-state index contributed by atoms with van der Waals surface area (Å²) in [6.07, 6.45) is 5.29. The largest absolute Gasteiger partial charge is 0.339 e. The highest BCUT2D eigenvalue weighted by atomic mass is 19.1. The summed E-state index contributed by atoms with van der Waals surface area (Å²) in [6.45, 7) is 5.47. The highest BCUT2D eigenvalue weighted by Crippen LogP contribution is 2.26. The van der Waals surface area contributed by atoms with Crippen LogP contribution >= 0.6 is 0 Å². The van der Waals surface area contributed by atoms with Gasteiger partial charge in [-0.1, -0.05) is 31.1 Å². The zero-order chi connectivity index (χ0) is 22.1. The number of aryl methyl sites for hydroxylation is 2. The van der Waals surface area contributed by atoms with E-state index in [1.165, 1.54) is 12.1 Å². The third-order valence-electron chi connectivity index (χ3n) is 5.41. The molecule has 0 bridgehead atoms. The van der Waals surface area contributed by atoms with Crippen LogP contribution < -0.4 is 0 Å². The molecule has 0 aliphatic rings. The smallest absolute Gasteiger partial charge is 0.226 e. The Morgan fingerprint density at radius 2 is 1.94 bits per heavy atom. The number of hydrogen-bond donors (Lipinski definition) is 0. The van der Waals surface area contributed by atoms with Crippen molar-refractivity contribution in [1.82, 2.24) is 29.2 Å². The number of nitrogens with zero attached hydrogens (tertiary/aromatic N) is 6. The second-order valence-corrected chi connectivity index (χ2v) is 7.64. The van der Waals surface area contributed by atoms with Crippen molar-refractivity contribution in [2.45, 2.75) is 39.8 Å². The van der Waals surface area contributed by atoms with Crippen molar-refractivity contribution in [2.24, 2.45) is 0 Å². The molecule has 0 radical (unpaired) electrons. The van der Waals surface area contributed by atoms with Gasteiger partial charge in [-0.3, -0.25) is 0 Å². The van der Waals surface area contributed by atoms with E-state index in [9.17, 15) is 4.39 Å². The minimum absolute atomic E-state index is 0.282. The second kappa shape index (κ2) is 8.37. The average Bonchev–Trinajstić information content (AvgIpc) is 3.53. The molecular formula is C24H23FN6O. The molecule has 0 spiro atoms. The van der Waals surface area contributed by atoms with Gasteiger partial charge in [-0.15, -0.1) is 0 Å². The lowest BCUT2D eigenvalue weighted by Gasteiger charge is -2.11. The Morgan fingerprint density at radius 1 is 1.03 bits per heavy atom. The first-order valence-corrected chi connectivity index (χ1v) is 10.8. The Balaban J connectivity index is 1.55. The molecule has 32 heavy (non-hydrogen) atoms. The van der Waals surface area contributed by atoms with Gasteiger partial charge in [-0.05, 0) is 36.8 Å². The molecule has 0 saturated carbocycles. The van der Waals surface area contributed by atoms with E-state index in [1.807, 2.05) is 35.9 Å². The number of benzene rings is 2. The molecule has 8 heteroatoms. The van der Waals surface area contributed by atoms with E-state index in [-0.39, 0.29) is 5.82 Å². The molecule has 0 amide bonds. The highest BCUT2D eigenvalue weighted by Gasteiger charge is 2.16. The predicted octanol–water partition coefficient (Wildman–Crippen LogP) is 5.11. The molecule has 0 aliphatic heterocycles. The van der Waals surface area contributed by atoms with Gasteiger partial charge in [0.25, 0.3) is 0 Å². The fraction of sp³-hybridized carbons (Fsp3) is 0.250. The summed E-state index contributed by atoms with van der Waals surface area (Å²) >= 11 is 0. The van der Waals surface area contributed by atoms with Gasteiger partial charge < -0.3 is 13.7 Å². The highest BCUT2D eigenvalue weighted by molar-refractivity contribution is 5.81. The van der Waals surface area contributed by atoms with Crippen LogP contribution in [0.15, 0.2) is 59.4 Å². The summed E-state index contributed by atoms with van der Waals surface area (Å²) in [4.78, 5) is 13.8. The first kappa shape index (κ1) is 20.1. The van der Waals surface area contributed by atoms with E-state index < -0.39 is 0 Å². The topological polar surface area (TPSA) is 74.6 Å². The van der Waals surface area contributed by atoms with E-state index in [0.29, 0.717) is 30.5 Å². The molecule has 3 aromatic heterocycles. The van der Waals surface area contributed by atoms with Crippen LogP contribution in [0.3, 0.4) is 0 Å². The Bertz CT molecular complexity index is 1380. The van der Waals surface area contributed by atoms with Crippen LogP contribution in [0.1, 0.15) is 32.0 Å². The zero-order valence-corrected chi connectivity index (χ0v) is 18.0. The molecule has 0 unspecified atom stereocenters. The SMILES string of the molecule is CCCn1c(Cn2ccnc2-c2cccc(F)c2)nc2ccc(-c3noc(CC)n3)cc21. The Hall–Kier alpha value is -3.81. The van der Waals surface area contributed by atoms with Crippen molar-refractivity contribution in [3.63, 3.8) is 0 Å². The lowest BCUT2D eigenvalue weighted by Crippen LogP contribution is -2.09. The van der Waals surface area contributed by atoms with Crippen molar-refractivity contribution in [2.75, 3.05) is 0 Å². The third-order valence-corrected chi connectivity index (χ3v) is 5.41. The molecule has 5 aromatic rings. The standard InChI is InChI=1S/C24H23FN6O/c1-3-11-31-20-14-16(23-28-22(4-2)32-29-23)8-9-19(20)27-21(31)15-30-12-10-26-24(30)17-6-5-7-18(25)13-17/h5-10,12-14H,3-4,11,15H2,1-2H3. The number of aromatic nitrogens is 6. The van der Waals surface area contributed by atoms with Gasteiger partial charge in [0.2, 0.25) is 11.7 Å². The van der Waals surface area contributed by atoms with Crippen LogP contribution in [0.25, 0.3) is 33.8 Å². The zero-order valence-electron chi connectivity index (χ0n) is 18.0. The normalized spacial score (nSPS) is 11.5. The molecular weight excluding hydrogens is 407 g/mol. The van der Waals surface area contributed by atoms with E-state index in [4.69, 9.17) is 9.51 Å². The van der Waals surface area contributed by atoms with Crippen LogP contribution in [0.2, 0.25) is 0 Å². The molecule has 3 heterocycles. The average molecular weight is 430 g/mol. The van der Waals surface area contributed by atoms with Crippen LogP contribution in [0, 0.1) is 5.82 Å². The molecule has 0 atom stereocenters. The Labute approximate surface area is 184 Å². The minimum atomic E-state index is -0.282. The maximum absolute atomic E-state index is 13.8. The quantitative estimate of drug-likeness (QED) is 0.359. The number of hydrogen-bond acceptors (Lipinski definition) is 5. The lowest BCUT2D eigenvalue weighted by molar-refractivity contribution is 0.383. The maximum Gasteiger partial charge on any atom is 0.226 e. The fourth-order valence-corrected chi connectivity index (χ4v) is 3.90. The molecule has 0 N–H and O–H groups in total. The molecule has 5 rings (SSSR count). The second-order valence-electron chi connectivity index (χ2n) is 7.64.